The monoisotopic (exact) mass is 285 g/mol. The van der Waals surface area contributed by atoms with Gasteiger partial charge in [0.1, 0.15) is 11.6 Å². The molecule has 0 unspecified atom stereocenters. The van der Waals surface area contributed by atoms with E-state index < -0.39 is 0 Å². The molecule has 4 heteroatoms. The fourth-order valence-corrected chi connectivity index (χ4v) is 3.13. The van der Waals surface area contributed by atoms with Gasteiger partial charge in [0.05, 0.1) is 0 Å². The van der Waals surface area contributed by atoms with Crippen molar-refractivity contribution in [2.24, 2.45) is 5.92 Å². The second-order valence-corrected chi connectivity index (χ2v) is 5.77. The van der Waals surface area contributed by atoms with Crippen molar-refractivity contribution in [2.45, 2.75) is 19.8 Å². The van der Waals surface area contributed by atoms with E-state index in [1.165, 1.54) is 12.8 Å². The van der Waals surface area contributed by atoms with Crippen LogP contribution in [0.3, 0.4) is 0 Å². The molecule has 3 rings (SSSR count). The molecular formula is C17H23N3O. The van der Waals surface area contributed by atoms with Gasteiger partial charge in [-0.25, -0.2) is 4.98 Å². The number of nitrogens with one attached hydrogen (secondary N) is 1. The molecule has 0 spiro atoms. The number of piperidine rings is 1. The van der Waals surface area contributed by atoms with Gasteiger partial charge in [-0.05, 0) is 62.4 Å². The summed E-state index contributed by atoms with van der Waals surface area (Å²) in [6.45, 7) is 6.38. The molecule has 0 aliphatic carbocycles. The first-order chi connectivity index (χ1) is 10.3. The van der Waals surface area contributed by atoms with Crippen LogP contribution in [-0.2, 0) is 0 Å². The second-order valence-electron chi connectivity index (χ2n) is 5.77. The number of hydrogen-bond donors (Lipinski definition) is 2. The van der Waals surface area contributed by atoms with Gasteiger partial charge in [0.25, 0.3) is 0 Å². The highest BCUT2D eigenvalue weighted by Gasteiger charge is 2.18. The number of fused-ring (bicyclic) bond motifs is 1. The Labute approximate surface area is 125 Å². The number of phenolic OH excluding ortho intramolecular Hbond substituents is 1. The van der Waals surface area contributed by atoms with Crippen LogP contribution in [0.5, 0.6) is 5.75 Å². The van der Waals surface area contributed by atoms with E-state index in [0.29, 0.717) is 5.75 Å². The summed E-state index contributed by atoms with van der Waals surface area (Å²) in [6.07, 6.45) is 4.32. The Morgan fingerprint density at radius 2 is 2.10 bits per heavy atom. The number of pyridine rings is 1. The highest BCUT2D eigenvalue weighted by molar-refractivity contribution is 5.93. The average Bonchev–Trinajstić information content (AvgIpc) is 2.53. The molecule has 1 aliphatic heterocycles. The largest absolute Gasteiger partial charge is 0.508 e. The predicted octanol–water partition coefficient (Wildman–Crippen LogP) is 2.77. The quantitative estimate of drug-likeness (QED) is 0.907. The molecule has 1 fully saturated rings. The van der Waals surface area contributed by atoms with Crippen LogP contribution in [0.1, 0.15) is 19.8 Å². The van der Waals surface area contributed by atoms with Gasteiger partial charge < -0.3 is 15.3 Å². The van der Waals surface area contributed by atoms with E-state index in [0.717, 1.165) is 48.7 Å². The molecule has 21 heavy (non-hydrogen) atoms. The molecule has 4 nitrogen and oxygen atoms in total. The van der Waals surface area contributed by atoms with E-state index in [1.54, 1.807) is 6.07 Å². The molecule has 0 amide bonds. The number of aromatic nitrogens is 1. The zero-order valence-electron chi connectivity index (χ0n) is 12.5. The third kappa shape index (κ3) is 3.10. The zero-order chi connectivity index (χ0) is 14.7. The van der Waals surface area contributed by atoms with Crippen molar-refractivity contribution in [2.75, 3.05) is 31.1 Å². The van der Waals surface area contributed by atoms with Crippen molar-refractivity contribution in [1.29, 1.82) is 0 Å². The highest BCUT2D eigenvalue weighted by Crippen LogP contribution is 2.28. The minimum atomic E-state index is 0.301. The van der Waals surface area contributed by atoms with Crippen molar-refractivity contribution in [3.63, 3.8) is 0 Å². The van der Waals surface area contributed by atoms with E-state index >= 15 is 0 Å². The highest BCUT2D eigenvalue weighted by atomic mass is 16.3. The molecule has 0 radical (unpaired) electrons. The van der Waals surface area contributed by atoms with Crippen LogP contribution in [0.15, 0.2) is 30.5 Å². The lowest BCUT2D eigenvalue weighted by molar-refractivity contribution is 0.374. The predicted molar refractivity (Wildman–Crippen MR) is 86.9 cm³/mol. The summed E-state index contributed by atoms with van der Waals surface area (Å²) in [4.78, 5) is 6.93. The molecule has 2 heterocycles. The topological polar surface area (TPSA) is 48.4 Å². The summed E-state index contributed by atoms with van der Waals surface area (Å²) in [5, 5.41) is 15.4. The van der Waals surface area contributed by atoms with Crippen LogP contribution >= 0.6 is 0 Å². The first-order valence-corrected chi connectivity index (χ1v) is 7.81. The molecule has 2 N–H and O–H groups in total. The van der Waals surface area contributed by atoms with E-state index in [2.05, 4.69) is 22.1 Å². The lowest BCUT2D eigenvalue weighted by atomic mass is 9.97. The zero-order valence-corrected chi connectivity index (χ0v) is 12.5. The Morgan fingerprint density at radius 1 is 1.29 bits per heavy atom. The Morgan fingerprint density at radius 3 is 2.86 bits per heavy atom. The maximum atomic E-state index is 9.78. The normalized spacial score (nSPS) is 16.2. The smallest absolute Gasteiger partial charge is 0.136 e. The van der Waals surface area contributed by atoms with Gasteiger partial charge in [0.2, 0.25) is 0 Å². The van der Waals surface area contributed by atoms with Crippen LogP contribution in [0, 0.1) is 5.92 Å². The molecule has 0 atom stereocenters. The van der Waals surface area contributed by atoms with Crippen LogP contribution in [-0.4, -0.2) is 36.3 Å². The fraction of sp³-hybridized carbons (Fsp3) is 0.471. The maximum absolute atomic E-state index is 9.78. The number of nitrogens with zero attached hydrogens (tertiary/aromatic N) is 2. The molecule has 0 bridgehead atoms. The van der Waals surface area contributed by atoms with Gasteiger partial charge in [-0.3, -0.25) is 0 Å². The molecule has 1 aliphatic rings. The van der Waals surface area contributed by atoms with Gasteiger partial charge in [-0.15, -0.1) is 0 Å². The third-order valence-electron chi connectivity index (χ3n) is 4.35. The first-order valence-electron chi connectivity index (χ1n) is 7.81. The molecule has 112 valence electrons. The van der Waals surface area contributed by atoms with E-state index in [-0.39, 0.29) is 0 Å². The average molecular weight is 285 g/mol. The molecule has 0 saturated carbocycles. The van der Waals surface area contributed by atoms with Crippen molar-refractivity contribution in [3.8, 4) is 5.75 Å². The third-order valence-corrected chi connectivity index (χ3v) is 4.35. The minimum absolute atomic E-state index is 0.301. The van der Waals surface area contributed by atoms with Gasteiger partial charge in [0.15, 0.2) is 0 Å². The lowest BCUT2D eigenvalue weighted by Gasteiger charge is -2.30. The Kier molecular flexibility index (Phi) is 4.25. The summed E-state index contributed by atoms with van der Waals surface area (Å²) >= 11 is 0. The van der Waals surface area contributed by atoms with Crippen molar-refractivity contribution in [1.82, 2.24) is 10.3 Å². The van der Waals surface area contributed by atoms with Crippen molar-refractivity contribution < 1.29 is 5.11 Å². The standard InChI is InChI=1S/C17H23N3O/c1-2-20(12-13-5-8-18-9-6-13)17-16-11-15(21)4-3-14(16)7-10-19-17/h3-4,7,10-11,13,18,21H,2,5-6,8-9,12H2,1H3. The van der Waals surface area contributed by atoms with E-state index in [1.807, 2.05) is 24.4 Å². The Balaban J connectivity index is 1.90. The Hall–Kier alpha value is -1.81. The molecular weight excluding hydrogens is 262 g/mol. The molecule has 2 aromatic rings. The second kappa shape index (κ2) is 6.31. The number of rotatable bonds is 4. The molecule has 1 aromatic heterocycles. The number of benzene rings is 1. The number of hydrogen-bond acceptors (Lipinski definition) is 4. The van der Waals surface area contributed by atoms with Gasteiger partial charge in [-0.1, -0.05) is 6.07 Å². The summed E-state index contributed by atoms with van der Waals surface area (Å²) in [7, 11) is 0. The summed E-state index contributed by atoms with van der Waals surface area (Å²) < 4.78 is 0. The van der Waals surface area contributed by atoms with Crippen molar-refractivity contribution >= 4 is 16.6 Å². The van der Waals surface area contributed by atoms with E-state index in [9.17, 15) is 5.11 Å². The minimum Gasteiger partial charge on any atom is -0.508 e. The number of phenols is 1. The summed E-state index contributed by atoms with van der Waals surface area (Å²) in [5.74, 6) is 2.01. The summed E-state index contributed by atoms with van der Waals surface area (Å²) in [5.41, 5.74) is 0. The van der Waals surface area contributed by atoms with Crippen molar-refractivity contribution in [3.05, 3.63) is 30.5 Å². The van der Waals surface area contributed by atoms with Gasteiger partial charge in [0, 0.05) is 24.7 Å². The number of anilines is 1. The van der Waals surface area contributed by atoms with Crippen LogP contribution in [0.4, 0.5) is 5.82 Å². The molecule has 1 aromatic carbocycles. The van der Waals surface area contributed by atoms with E-state index in [4.69, 9.17) is 0 Å². The maximum Gasteiger partial charge on any atom is 0.136 e. The fourth-order valence-electron chi connectivity index (χ4n) is 3.13. The molecule has 1 saturated heterocycles. The Bertz CT molecular complexity index is 608. The van der Waals surface area contributed by atoms with Crippen LogP contribution in [0.25, 0.3) is 10.8 Å². The number of aromatic hydroxyl groups is 1. The van der Waals surface area contributed by atoms with Crippen LogP contribution < -0.4 is 10.2 Å². The lowest BCUT2D eigenvalue weighted by Crippen LogP contribution is -2.36. The van der Waals surface area contributed by atoms with Gasteiger partial charge in [-0.2, -0.15) is 0 Å². The summed E-state index contributed by atoms with van der Waals surface area (Å²) in [6, 6.07) is 7.50. The SMILES string of the molecule is CCN(CC1CCNCC1)c1nccc2ccc(O)cc12. The first kappa shape index (κ1) is 14.1. The van der Waals surface area contributed by atoms with Crippen LogP contribution in [0.2, 0.25) is 0 Å². The van der Waals surface area contributed by atoms with Gasteiger partial charge >= 0.3 is 0 Å².